The van der Waals surface area contributed by atoms with Crippen molar-refractivity contribution in [2.75, 3.05) is 13.2 Å². The number of amides is 1. The predicted molar refractivity (Wildman–Crippen MR) is 125 cm³/mol. The molecule has 7 heteroatoms. The highest BCUT2D eigenvalue weighted by atomic mass is 32.2. The monoisotopic (exact) mass is 452 g/mol. The molecular weight excluding hydrogens is 424 g/mol. The third kappa shape index (κ3) is 5.96. The van der Waals surface area contributed by atoms with Gasteiger partial charge in [-0.1, -0.05) is 67.6 Å². The number of ether oxygens (including phenoxy) is 1. The zero-order valence-electron chi connectivity index (χ0n) is 18.3. The van der Waals surface area contributed by atoms with Crippen molar-refractivity contribution in [2.24, 2.45) is 0 Å². The summed E-state index contributed by atoms with van der Waals surface area (Å²) in [4.78, 5) is 15.2. The number of rotatable bonds is 10. The molecule has 0 saturated carbocycles. The number of nitrogens with zero attached hydrogens (tertiary/aromatic N) is 1. The maximum atomic E-state index is 13.5. The van der Waals surface area contributed by atoms with Crippen LogP contribution in [-0.2, 0) is 23.1 Å². The highest BCUT2D eigenvalue weighted by Gasteiger charge is 2.24. The molecule has 0 fully saturated rings. The molecule has 0 radical (unpaired) electrons. The molecule has 3 aromatic carbocycles. The van der Waals surface area contributed by atoms with Crippen molar-refractivity contribution in [1.29, 1.82) is 0 Å². The number of sulfonamides is 1. The first-order valence-corrected chi connectivity index (χ1v) is 12.1. The normalized spacial score (nSPS) is 11.2. The molecule has 1 N–H and O–H groups in total. The Morgan fingerprint density at radius 2 is 1.44 bits per heavy atom. The van der Waals surface area contributed by atoms with E-state index in [1.165, 1.54) is 6.07 Å². The molecule has 1 amide bonds. The maximum Gasteiger partial charge on any atom is 0.254 e. The molecule has 0 saturated heterocycles. The molecule has 0 aliphatic rings. The first-order chi connectivity index (χ1) is 15.4. The molecule has 3 rings (SSSR count). The standard InChI is InChI=1S/C25H28N2O4S/c1-3-26-32(29,30)24-17-22(15-16-23(24)31-4-2)25(28)27(18-20-11-7-5-8-12-20)19-21-13-9-6-10-14-21/h5-17,26H,3-4,18-19H2,1-2H3. The van der Waals surface area contributed by atoms with Crippen LogP contribution < -0.4 is 9.46 Å². The number of nitrogens with one attached hydrogen (secondary N) is 1. The summed E-state index contributed by atoms with van der Waals surface area (Å²) in [6.07, 6.45) is 0. The van der Waals surface area contributed by atoms with Crippen molar-refractivity contribution in [3.63, 3.8) is 0 Å². The largest absolute Gasteiger partial charge is 0.492 e. The Hall–Kier alpha value is -3.16. The topological polar surface area (TPSA) is 75.7 Å². The van der Waals surface area contributed by atoms with Crippen molar-refractivity contribution in [3.05, 3.63) is 95.6 Å². The summed E-state index contributed by atoms with van der Waals surface area (Å²) in [7, 11) is -3.81. The van der Waals surface area contributed by atoms with Gasteiger partial charge in [0.05, 0.1) is 6.61 Å². The molecule has 0 aromatic heterocycles. The molecule has 0 atom stereocenters. The van der Waals surface area contributed by atoms with Crippen LogP contribution in [0.1, 0.15) is 35.3 Å². The minimum atomic E-state index is -3.81. The Kier molecular flexibility index (Phi) is 8.03. The zero-order chi connectivity index (χ0) is 23.0. The van der Waals surface area contributed by atoms with Gasteiger partial charge in [0.25, 0.3) is 5.91 Å². The summed E-state index contributed by atoms with van der Waals surface area (Å²) in [5.74, 6) is -0.0311. The molecule has 0 heterocycles. The minimum absolute atomic E-state index is 0.0357. The van der Waals surface area contributed by atoms with Crippen molar-refractivity contribution in [2.45, 2.75) is 31.8 Å². The Morgan fingerprint density at radius 1 is 0.875 bits per heavy atom. The Balaban J connectivity index is 1.99. The molecule has 0 aliphatic heterocycles. The van der Waals surface area contributed by atoms with Gasteiger partial charge in [0.15, 0.2) is 0 Å². The average Bonchev–Trinajstić information content (AvgIpc) is 2.80. The molecule has 32 heavy (non-hydrogen) atoms. The number of carbonyl (C=O) groups is 1. The van der Waals surface area contributed by atoms with Gasteiger partial charge in [-0.15, -0.1) is 0 Å². The average molecular weight is 453 g/mol. The summed E-state index contributed by atoms with van der Waals surface area (Å²) in [6, 6.07) is 24.0. The van der Waals surface area contributed by atoms with Gasteiger partial charge in [-0.2, -0.15) is 0 Å². The van der Waals surface area contributed by atoms with E-state index >= 15 is 0 Å². The minimum Gasteiger partial charge on any atom is -0.492 e. The number of benzene rings is 3. The highest BCUT2D eigenvalue weighted by molar-refractivity contribution is 7.89. The molecule has 3 aromatic rings. The second-order valence-electron chi connectivity index (χ2n) is 7.23. The molecule has 0 unspecified atom stereocenters. The quantitative estimate of drug-likeness (QED) is 0.500. The molecule has 0 spiro atoms. The lowest BCUT2D eigenvalue weighted by molar-refractivity contribution is 0.0729. The molecule has 6 nitrogen and oxygen atoms in total. The number of hydrogen-bond acceptors (Lipinski definition) is 4. The Morgan fingerprint density at radius 3 is 1.94 bits per heavy atom. The van der Waals surface area contributed by atoms with Crippen LogP contribution in [0.3, 0.4) is 0 Å². The van der Waals surface area contributed by atoms with Crippen LogP contribution in [0.4, 0.5) is 0 Å². The van der Waals surface area contributed by atoms with E-state index in [9.17, 15) is 13.2 Å². The second-order valence-corrected chi connectivity index (χ2v) is 8.96. The van der Waals surface area contributed by atoms with E-state index in [2.05, 4.69) is 4.72 Å². The van der Waals surface area contributed by atoms with Crippen LogP contribution in [0, 0.1) is 0 Å². The lowest BCUT2D eigenvalue weighted by Crippen LogP contribution is -2.30. The van der Waals surface area contributed by atoms with Gasteiger partial charge in [-0.3, -0.25) is 4.79 Å². The van der Waals surface area contributed by atoms with Gasteiger partial charge in [-0.25, -0.2) is 13.1 Å². The summed E-state index contributed by atoms with van der Waals surface area (Å²) in [5, 5.41) is 0. The van der Waals surface area contributed by atoms with Gasteiger partial charge < -0.3 is 9.64 Å². The van der Waals surface area contributed by atoms with Crippen LogP contribution in [-0.4, -0.2) is 32.4 Å². The third-order valence-corrected chi connectivity index (χ3v) is 6.40. The fourth-order valence-corrected chi connectivity index (χ4v) is 4.59. The van der Waals surface area contributed by atoms with E-state index < -0.39 is 10.0 Å². The summed E-state index contributed by atoms with van der Waals surface area (Å²) in [5.41, 5.74) is 2.27. The molecule has 0 bridgehead atoms. The molecule has 168 valence electrons. The highest BCUT2D eigenvalue weighted by Crippen LogP contribution is 2.26. The number of carbonyl (C=O) groups excluding carboxylic acids is 1. The zero-order valence-corrected chi connectivity index (χ0v) is 19.1. The maximum absolute atomic E-state index is 13.5. The number of hydrogen-bond donors (Lipinski definition) is 1. The second kappa shape index (κ2) is 10.9. The van der Waals surface area contributed by atoms with Crippen LogP contribution in [0.25, 0.3) is 0 Å². The molecule has 0 aliphatic carbocycles. The first kappa shape index (κ1) is 23.5. The summed E-state index contributed by atoms with van der Waals surface area (Å²) >= 11 is 0. The van der Waals surface area contributed by atoms with E-state index in [-0.39, 0.29) is 28.7 Å². The van der Waals surface area contributed by atoms with Gasteiger partial charge >= 0.3 is 0 Å². The van der Waals surface area contributed by atoms with E-state index in [1.54, 1.807) is 30.9 Å². The predicted octanol–water partition coefficient (Wildman–Crippen LogP) is 4.23. The SMILES string of the molecule is CCNS(=O)(=O)c1cc(C(=O)N(Cc2ccccc2)Cc2ccccc2)ccc1OCC. The lowest BCUT2D eigenvalue weighted by atomic mass is 10.1. The van der Waals surface area contributed by atoms with Gasteiger partial charge in [0.1, 0.15) is 10.6 Å². The molecular formula is C25H28N2O4S. The van der Waals surface area contributed by atoms with Crippen LogP contribution in [0.15, 0.2) is 83.8 Å². The van der Waals surface area contributed by atoms with Crippen molar-refractivity contribution in [3.8, 4) is 5.75 Å². The van der Waals surface area contributed by atoms with E-state index in [1.807, 2.05) is 60.7 Å². The van der Waals surface area contributed by atoms with Gasteiger partial charge in [0, 0.05) is 25.2 Å². The Bertz CT molecular complexity index is 1090. The van der Waals surface area contributed by atoms with Crippen molar-refractivity contribution >= 4 is 15.9 Å². The van der Waals surface area contributed by atoms with E-state index in [4.69, 9.17) is 4.74 Å². The summed E-state index contributed by atoms with van der Waals surface area (Å²) in [6.45, 7) is 4.84. The van der Waals surface area contributed by atoms with Crippen molar-refractivity contribution < 1.29 is 17.9 Å². The fourth-order valence-electron chi connectivity index (χ4n) is 3.38. The smallest absolute Gasteiger partial charge is 0.254 e. The van der Waals surface area contributed by atoms with E-state index in [0.29, 0.717) is 19.7 Å². The van der Waals surface area contributed by atoms with Gasteiger partial charge in [-0.05, 0) is 36.2 Å². The van der Waals surface area contributed by atoms with Crippen molar-refractivity contribution in [1.82, 2.24) is 9.62 Å². The van der Waals surface area contributed by atoms with E-state index in [0.717, 1.165) is 11.1 Å². The fraction of sp³-hybridized carbons (Fsp3) is 0.240. The van der Waals surface area contributed by atoms with Crippen LogP contribution in [0.2, 0.25) is 0 Å². The first-order valence-electron chi connectivity index (χ1n) is 10.6. The van der Waals surface area contributed by atoms with Crippen LogP contribution >= 0.6 is 0 Å². The third-order valence-electron chi connectivity index (χ3n) is 4.83. The summed E-state index contributed by atoms with van der Waals surface area (Å²) < 4.78 is 33.5. The lowest BCUT2D eigenvalue weighted by Gasteiger charge is -2.24. The van der Waals surface area contributed by atoms with Gasteiger partial charge in [0.2, 0.25) is 10.0 Å². The van der Waals surface area contributed by atoms with Crippen LogP contribution in [0.5, 0.6) is 5.75 Å². The Labute approximate surface area is 189 Å².